The van der Waals surface area contributed by atoms with E-state index in [1.807, 2.05) is 0 Å². The van der Waals surface area contributed by atoms with Gasteiger partial charge in [0, 0.05) is 6.42 Å². The highest BCUT2D eigenvalue weighted by molar-refractivity contribution is 5.76. The van der Waals surface area contributed by atoms with E-state index in [1.165, 1.54) is 135 Å². The van der Waals surface area contributed by atoms with Crippen LogP contribution in [0.1, 0.15) is 245 Å². The molecule has 17 atom stereocenters. The lowest BCUT2D eigenvalue weighted by Crippen LogP contribution is -2.66. The Labute approximate surface area is 523 Å². The molecule has 0 aromatic heterocycles. The number of hydrogen-bond donors (Lipinski definition) is 12. The Balaban J connectivity index is 1.44. The van der Waals surface area contributed by atoms with Crippen molar-refractivity contribution < 1.29 is 89.4 Å². The van der Waals surface area contributed by atoms with Gasteiger partial charge in [-0.15, -0.1) is 0 Å². The van der Waals surface area contributed by atoms with Gasteiger partial charge in [-0.2, -0.15) is 0 Å². The third kappa shape index (κ3) is 32.7. The molecule has 0 radical (unpaired) electrons. The minimum Gasteiger partial charge on any atom is -0.394 e. The topological polar surface area (TPSA) is 307 Å². The largest absolute Gasteiger partial charge is 0.394 e. The Morgan fingerprint density at radius 2 is 0.793 bits per heavy atom. The number of amides is 1. The van der Waals surface area contributed by atoms with Crippen LogP contribution in [0.4, 0.5) is 0 Å². The van der Waals surface area contributed by atoms with E-state index in [2.05, 4.69) is 67.8 Å². The Kier molecular flexibility index (Phi) is 45.7. The second-order valence-electron chi connectivity index (χ2n) is 24.6. The number of ether oxygens (including phenoxy) is 6. The fourth-order valence-corrected chi connectivity index (χ4v) is 11.6. The van der Waals surface area contributed by atoms with E-state index in [0.29, 0.717) is 12.8 Å². The molecule has 3 aliphatic heterocycles. The Hall–Kier alpha value is -2.25. The van der Waals surface area contributed by atoms with Gasteiger partial charge in [0.05, 0.1) is 38.6 Å². The van der Waals surface area contributed by atoms with Gasteiger partial charge in [-0.3, -0.25) is 4.79 Å². The van der Waals surface area contributed by atoms with Crippen molar-refractivity contribution >= 4 is 5.91 Å². The van der Waals surface area contributed by atoms with Crippen molar-refractivity contribution in [2.45, 2.75) is 349 Å². The van der Waals surface area contributed by atoms with Crippen LogP contribution in [-0.2, 0) is 33.2 Å². The maximum atomic E-state index is 13.4. The van der Waals surface area contributed by atoms with E-state index in [1.54, 1.807) is 0 Å². The normalized spacial score (nSPS) is 28.9. The molecule has 3 heterocycles. The lowest BCUT2D eigenvalue weighted by molar-refractivity contribution is -0.379. The first-order chi connectivity index (χ1) is 42.3. The molecule has 1 amide bonds. The number of rotatable bonds is 52. The van der Waals surface area contributed by atoms with Gasteiger partial charge >= 0.3 is 0 Å². The summed E-state index contributed by atoms with van der Waals surface area (Å²) in [5.74, 6) is -0.247. The Morgan fingerprint density at radius 1 is 0.425 bits per heavy atom. The van der Waals surface area contributed by atoms with Crippen molar-refractivity contribution in [2.24, 2.45) is 0 Å². The second kappa shape index (κ2) is 50.3. The van der Waals surface area contributed by atoms with Crippen LogP contribution < -0.4 is 5.32 Å². The molecule has 19 heteroatoms. The smallest absolute Gasteiger partial charge is 0.220 e. The predicted octanol–water partition coefficient (Wildman–Crippen LogP) is 8.61. The maximum Gasteiger partial charge on any atom is 0.220 e. The molecule has 17 unspecified atom stereocenters. The average Bonchev–Trinajstić information content (AvgIpc) is 2.58. The van der Waals surface area contributed by atoms with Gasteiger partial charge in [0.2, 0.25) is 5.91 Å². The fraction of sp³-hybridized carbons (Fsp3) is 0.868. The first kappa shape index (κ1) is 79.0. The van der Waals surface area contributed by atoms with Gasteiger partial charge in [-0.05, 0) is 51.4 Å². The third-order valence-corrected chi connectivity index (χ3v) is 17.2. The minimum absolute atomic E-state index is 0.247. The first-order valence-corrected chi connectivity index (χ1v) is 34.4. The summed E-state index contributed by atoms with van der Waals surface area (Å²) in [6, 6.07) is -0.891. The van der Waals surface area contributed by atoms with Crippen molar-refractivity contribution in [1.82, 2.24) is 5.32 Å². The van der Waals surface area contributed by atoms with Crippen LogP contribution >= 0.6 is 0 Å². The number of carbonyl (C=O) groups excluding carboxylic acids is 1. The van der Waals surface area contributed by atoms with Gasteiger partial charge in [-0.1, -0.05) is 236 Å². The third-order valence-electron chi connectivity index (χ3n) is 17.2. The first-order valence-electron chi connectivity index (χ1n) is 34.4. The van der Waals surface area contributed by atoms with Crippen LogP contribution in [0, 0.1) is 0 Å². The highest BCUT2D eigenvalue weighted by Gasteiger charge is 2.53. The molecule has 19 nitrogen and oxygen atoms in total. The second-order valence-corrected chi connectivity index (χ2v) is 24.6. The fourth-order valence-electron chi connectivity index (χ4n) is 11.6. The van der Waals surface area contributed by atoms with Crippen molar-refractivity contribution in [3.05, 3.63) is 48.6 Å². The highest BCUT2D eigenvalue weighted by Crippen LogP contribution is 2.33. The number of aliphatic hydroxyl groups is 11. The van der Waals surface area contributed by atoms with Gasteiger partial charge < -0.3 is 89.9 Å². The van der Waals surface area contributed by atoms with E-state index in [-0.39, 0.29) is 18.9 Å². The molecule has 3 fully saturated rings. The molecule has 0 saturated carbocycles. The van der Waals surface area contributed by atoms with Gasteiger partial charge in [0.25, 0.3) is 0 Å². The van der Waals surface area contributed by atoms with Gasteiger partial charge in [0.1, 0.15) is 73.2 Å². The molecule has 87 heavy (non-hydrogen) atoms. The highest BCUT2D eigenvalue weighted by atomic mass is 16.8. The molecule has 3 saturated heterocycles. The quantitative estimate of drug-likeness (QED) is 0.0200. The summed E-state index contributed by atoms with van der Waals surface area (Å²) in [5, 5.41) is 121. The van der Waals surface area contributed by atoms with E-state index in [9.17, 15) is 61.0 Å². The van der Waals surface area contributed by atoms with Crippen LogP contribution in [0.3, 0.4) is 0 Å². The summed E-state index contributed by atoms with van der Waals surface area (Å²) < 4.78 is 34.4. The molecule has 508 valence electrons. The van der Waals surface area contributed by atoms with Crippen LogP contribution in [0.15, 0.2) is 48.6 Å². The molecule has 3 rings (SSSR count). The lowest BCUT2D eigenvalue weighted by Gasteiger charge is -2.48. The van der Waals surface area contributed by atoms with Crippen molar-refractivity contribution in [3.8, 4) is 0 Å². The number of unbranched alkanes of at least 4 members (excludes halogenated alkanes) is 28. The summed E-state index contributed by atoms with van der Waals surface area (Å²) in [6.45, 7) is 1.70. The van der Waals surface area contributed by atoms with E-state index in [0.717, 1.165) is 77.0 Å². The SMILES string of the molecule is CC/C=C\C/C=C\C/C=C\C/C=C\CCCCCCCCCCCCC(=O)NC(COC1OC(CO)C(OC2OC(CO)C(OC3OC(CO)C(O)C(O)C3O)C(O)C2O)C(O)C1O)C(O)CCCCCCCCCCCCCCCCCCCCC. The summed E-state index contributed by atoms with van der Waals surface area (Å²) >= 11 is 0. The van der Waals surface area contributed by atoms with E-state index >= 15 is 0 Å². The van der Waals surface area contributed by atoms with E-state index < -0.39 is 124 Å². The Bertz CT molecular complexity index is 1770. The van der Waals surface area contributed by atoms with Crippen LogP contribution in [0.2, 0.25) is 0 Å². The maximum absolute atomic E-state index is 13.4. The van der Waals surface area contributed by atoms with Crippen LogP contribution in [0.25, 0.3) is 0 Å². The summed E-state index contributed by atoms with van der Waals surface area (Å²) in [5.41, 5.74) is 0. The summed E-state index contributed by atoms with van der Waals surface area (Å²) in [7, 11) is 0. The molecule has 0 aromatic rings. The zero-order chi connectivity index (χ0) is 63.3. The standard InChI is InChI=1S/C68H123NO18/c1-3-5-7-9-11-13-15-17-19-21-23-24-25-26-28-30-32-34-36-38-40-42-44-46-56(74)69-51(52(73)45-43-41-39-37-35-33-31-29-27-22-20-18-16-14-12-10-8-6-4-2)50-82-66-62(80)59(77)64(54(48-71)84-66)87-68-63(81)60(78)65(55(49-72)85-68)86-67-61(79)58(76)57(75)53(47-70)83-67/h5,7,11,13,17,19,23-24,51-55,57-68,70-73,75-81H,3-4,6,8-10,12,14-16,18,20-22,25-50H2,1-2H3,(H,69,74)/b7-5-,13-11-,19-17-,24-23-. The number of hydrogen-bond acceptors (Lipinski definition) is 18. The van der Waals surface area contributed by atoms with E-state index in [4.69, 9.17) is 28.4 Å². The summed E-state index contributed by atoms with van der Waals surface area (Å²) in [4.78, 5) is 13.4. The monoisotopic (exact) mass is 1240 g/mol. The predicted molar refractivity (Wildman–Crippen MR) is 337 cm³/mol. The van der Waals surface area contributed by atoms with Crippen molar-refractivity contribution in [1.29, 1.82) is 0 Å². The minimum atomic E-state index is -1.97. The number of nitrogens with one attached hydrogen (secondary N) is 1. The number of carbonyl (C=O) groups is 1. The molecule has 12 N–H and O–H groups in total. The van der Waals surface area contributed by atoms with Gasteiger partial charge in [-0.25, -0.2) is 0 Å². The molecule has 0 bridgehead atoms. The molecular weight excluding hydrogens is 1120 g/mol. The number of aliphatic hydroxyl groups excluding tert-OH is 11. The molecule has 0 aliphatic carbocycles. The van der Waals surface area contributed by atoms with Crippen LogP contribution in [0.5, 0.6) is 0 Å². The Morgan fingerprint density at radius 3 is 1.24 bits per heavy atom. The van der Waals surface area contributed by atoms with Crippen LogP contribution in [-0.4, -0.2) is 193 Å². The molecule has 0 spiro atoms. The summed E-state index contributed by atoms with van der Waals surface area (Å²) in [6.07, 6.45) is 31.8. The zero-order valence-corrected chi connectivity index (χ0v) is 53.5. The van der Waals surface area contributed by atoms with Crippen molar-refractivity contribution in [2.75, 3.05) is 26.4 Å². The lowest BCUT2D eigenvalue weighted by atomic mass is 9.96. The average molecular weight is 1240 g/mol. The zero-order valence-electron chi connectivity index (χ0n) is 53.5. The van der Waals surface area contributed by atoms with Crippen molar-refractivity contribution in [3.63, 3.8) is 0 Å². The molecule has 0 aromatic carbocycles. The molecular formula is C68H123NO18. The van der Waals surface area contributed by atoms with Gasteiger partial charge in [0.15, 0.2) is 18.9 Å². The molecule has 3 aliphatic rings. The number of allylic oxidation sites excluding steroid dienone is 8.